The molecule has 0 radical (unpaired) electrons. The number of hydrogen-bond acceptors (Lipinski definition) is 1. The zero-order valence-corrected chi connectivity index (χ0v) is 6.30. The van der Waals surface area contributed by atoms with Crippen molar-refractivity contribution in [3.05, 3.63) is 12.2 Å². The van der Waals surface area contributed by atoms with Crippen molar-refractivity contribution in [1.82, 2.24) is 4.90 Å². The molecular formula is C8H15N. The number of rotatable bonds is 1. The van der Waals surface area contributed by atoms with Crippen molar-refractivity contribution in [2.75, 3.05) is 14.1 Å². The molecule has 0 saturated carbocycles. The van der Waals surface area contributed by atoms with Crippen molar-refractivity contribution in [2.24, 2.45) is 0 Å². The lowest BCUT2D eigenvalue weighted by Gasteiger charge is -2.23. The van der Waals surface area contributed by atoms with Crippen molar-refractivity contribution in [3.8, 4) is 0 Å². The van der Waals surface area contributed by atoms with Crippen LogP contribution in [0.15, 0.2) is 12.2 Å². The lowest BCUT2D eigenvalue weighted by Crippen LogP contribution is -2.26. The fraction of sp³-hybridized carbons (Fsp3) is 0.750. The lowest BCUT2D eigenvalue weighted by atomic mass is 10.0. The average molecular weight is 125 g/mol. The van der Waals surface area contributed by atoms with Crippen molar-refractivity contribution in [2.45, 2.75) is 25.3 Å². The van der Waals surface area contributed by atoms with Crippen LogP contribution < -0.4 is 0 Å². The highest BCUT2D eigenvalue weighted by Crippen LogP contribution is 2.13. The first kappa shape index (κ1) is 6.81. The molecule has 0 unspecified atom stereocenters. The molecule has 1 aliphatic rings. The standard InChI is InChI=1S/C8H15N/c1-9(2)8-6-4-3-5-7-8/h4,6,8H,3,5,7H2,1-2H3/t8-/m1/s1. The number of nitrogens with zero attached hydrogens (tertiary/aromatic N) is 1. The Kier molecular flexibility index (Phi) is 2.29. The molecule has 0 fully saturated rings. The summed E-state index contributed by atoms with van der Waals surface area (Å²) in [6.45, 7) is 0. The van der Waals surface area contributed by atoms with Gasteiger partial charge in [0.15, 0.2) is 0 Å². The molecule has 0 bridgehead atoms. The molecule has 0 amide bonds. The Morgan fingerprint density at radius 1 is 1.44 bits per heavy atom. The first-order valence-corrected chi connectivity index (χ1v) is 3.64. The summed E-state index contributed by atoms with van der Waals surface area (Å²) in [6, 6.07) is 0.707. The minimum absolute atomic E-state index is 0.707. The van der Waals surface area contributed by atoms with Crippen LogP contribution in [-0.2, 0) is 0 Å². The highest BCUT2D eigenvalue weighted by Gasteiger charge is 2.08. The van der Waals surface area contributed by atoms with Gasteiger partial charge in [0.1, 0.15) is 0 Å². The van der Waals surface area contributed by atoms with E-state index in [1.54, 1.807) is 0 Å². The maximum Gasteiger partial charge on any atom is 0.0272 e. The second-order valence-corrected chi connectivity index (χ2v) is 2.89. The Hall–Kier alpha value is -0.300. The molecule has 0 heterocycles. The Morgan fingerprint density at radius 2 is 2.22 bits per heavy atom. The van der Waals surface area contributed by atoms with E-state index in [4.69, 9.17) is 0 Å². The van der Waals surface area contributed by atoms with Crippen molar-refractivity contribution in [1.29, 1.82) is 0 Å². The highest BCUT2D eigenvalue weighted by molar-refractivity contribution is 4.97. The van der Waals surface area contributed by atoms with Crippen LogP contribution in [0, 0.1) is 0 Å². The van der Waals surface area contributed by atoms with E-state index in [2.05, 4.69) is 31.1 Å². The second-order valence-electron chi connectivity index (χ2n) is 2.89. The highest BCUT2D eigenvalue weighted by atomic mass is 15.1. The third-order valence-corrected chi connectivity index (χ3v) is 1.89. The third kappa shape index (κ3) is 1.83. The SMILES string of the molecule is CN(C)[C@@H]1C=CCCC1. The summed E-state index contributed by atoms with van der Waals surface area (Å²) in [5.74, 6) is 0. The topological polar surface area (TPSA) is 3.24 Å². The van der Waals surface area contributed by atoms with Gasteiger partial charge in [0.2, 0.25) is 0 Å². The van der Waals surface area contributed by atoms with E-state index in [1.807, 2.05) is 0 Å². The van der Waals surface area contributed by atoms with E-state index in [9.17, 15) is 0 Å². The Labute approximate surface area is 57.4 Å². The zero-order chi connectivity index (χ0) is 6.69. The molecule has 0 aromatic rings. The Bertz CT molecular complexity index is 105. The van der Waals surface area contributed by atoms with Crippen LogP contribution in [0.2, 0.25) is 0 Å². The predicted octanol–water partition coefficient (Wildman–Crippen LogP) is 1.66. The van der Waals surface area contributed by atoms with Gasteiger partial charge in [-0.1, -0.05) is 12.2 Å². The van der Waals surface area contributed by atoms with Crippen molar-refractivity contribution in [3.63, 3.8) is 0 Å². The molecule has 0 aliphatic heterocycles. The molecule has 1 rings (SSSR count). The summed E-state index contributed by atoms with van der Waals surface area (Å²) in [6.07, 6.45) is 8.57. The summed E-state index contributed by atoms with van der Waals surface area (Å²) in [7, 11) is 4.28. The monoisotopic (exact) mass is 125 g/mol. The van der Waals surface area contributed by atoms with Gasteiger partial charge in [-0.25, -0.2) is 0 Å². The van der Waals surface area contributed by atoms with E-state index in [0.29, 0.717) is 6.04 Å². The van der Waals surface area contributed by atoms with E-state index < -0.39 is 0 Å². The molecule has 1 nitrogen and oxygen atoms in total. The van der Waals surface area contributed by atoms with Gasteiger partial charge in [-0.05, 0) is 33.4 Å². The van der Waals surface area contributed by atoms with Crippen LogP contribution in [0.5, 0.6) is 0 Å². The maximum absolute atomic E-state index is 2.31. The first-order valence-electron chi connectivity index (χ1n) is 3.64. The molecule has 9 heavy (non-hydrogen) atoms. The number of hydrogen-bond donors (Lipinski definition) is 0. The van der Waals surface area contributed by atoms with E-state index >= 15 is 0 Å². The van der Waals surface area contributed by atoms with Gasteiger partial charge in [0.25, 0.3) is 0 Å². The lowest BCUT2D eigenvalue weighted by molar-refractivity contribution is 0.316. The van der Waals surface area contributed by atoms with Gasteiger partial charge in [0.05, 0.1) is 0 Å². The predicted molar refractivity (Wildman–Crippen MR) is 40.5 cm³/mol. The molecule has 1 aliphatic carbocycles. The van der Waals surface area contributed by atoms with Gasteiger partial charge in [-0.2, -0.15) is 0 Å². The molecule has 0 spiro atoms. The van der Waals surface area contributed by atoms with E-state index in [0.717, 1.165) is 0 Å². The van der Waals surface area contributed by atoms with Crippen LogP contribution in [-0.4, -0.2) is 25.0 Å². The Balaban J connectivity index is 2.40. The summed E-state index contributed by atoms with van der Waals surface area (Å²) in [5.41, 5.74) is 0. The second kappa shape index (κ2) is 3.02. The molecular weight excluding hydrogens is 110 g/mol. The van der Waals surface area contributed by atoms with Crippen LogP contribution in [0.1, 0.15) is 19.3 Å². The van der Waals surface area contributed by atoms with Gasteiger partial charge in [-0.15, -0.1) is 0 Å². The molecule has 0 aromatic heterocycles. The third-order valence-electron chi connectivity index (χ3n) is 1.89. The Morgan fingerprint density at radius 3 is 2.56 bits per heavy atom. The van der Waals surface area contributed by atoms with Crippen LogP contribution in [0.4, 0.5) is 0 Å². The smallest absolute Gasteiger partial charge is 0.0272 e. The van der Waals surface area contributed by atoms with Gasteiger partial charge < -0.3 is 4.90 Å². The van der Waals surface area contributed by atoms with Gasteiger partial charge >= 0.3 is 0 Å². The fourth-order valence-electron chi connectivity index (χ4n) is 1.22. The molecule has 0 N–H and O–H groups in total. The number of likely N-dealkylation sites (N-methyl/N-ethyl adjacent to an activating group) is 1. The number of allylic oxidation sites excluding steroid dienone is 1. The van der Waals surface area contributed by atoms with Crippen LogP contribution in [0.25, 0.3) is 0 Å². The van der Waals surface area contributed by atoms with Crippen molar-refractivity contribution < 1.29 is 0 Å². The fourth-order valence-corrected chi connectivity index (χ4v) is 1.22. The van der Waals surface area contributed by atoms with Gasteiger partial charge in [-0.3, -0.25) is 0 Å². The summed E-state index contributed by atoms with van der Waals surface area (Å²) in [5, 5.41) is 0. The molecule has 52 valence electrons. The largest absolute Gasteiger partial charge is 0.303 e. The summed E-state index contributed by atoms with van der Waals surface area (Å²) >= 11 is 0. The molecule has 1 atom stereocenters. The summed E-state index contributed by atoms with van der Waals surface area (Å²) < 4.78 is 0. The molecule has 1 heteroatoms. The molecule has 0 saturated heterocycles. The van der Waals surface area contributed by atoms with Crippen LogP contribution in [0.3, 0.4) is 0 Å². The van der Waals surface area contributed by atoms with E-state index in [-0.39, 0.29) is 0 Å². The summed E-state index contributed by atoms with van der Waals surface area (Å²) in [4.78, 5) is 2.27. The van der Waals surface area contributed by atoms with Gasteiger partial charge in [0, 0.05) is 6.04 Å². The zero-order valence-electron chi connectivity index (χ0n) is 6.30. The normalized spacial score (nSPS) is 27.2. The van der Waals surface area contributed by atoms with E-state index in [1.165, 1.54) is 19.3 Å². The van der Waals surface area contributed by atoms with Crippen LogP contribution >= 0.6 is 0 Å². The average Bonchev–Trinajstić information content (AvgIpc) is 1.90. The van der Waals surface area contributed by atoms with Crippen molar-refractivity contribution >= 4 is 0 Å². The first-order chi connectivity index (χ1) is 4.30. The molecule has 0 aromatic carbocycles. The quantitative estimate of drug-likeness (QED) is 0.482. The minimum Gasteiger partial charge on any atom is -0.303 e. The maximum atomic E-state index is 2.31. The minimum atomic E-state index is 0.707.